The fraction of sp³-hybridized carbons (Fsp3) is 0.600. The van der Waals surface area contributed by atoms with E-state index >= 15 is 0 Å². The minimum atomic E-state index is -0.633. The van der Waals surface area contributed by atoms with Crippen LogP contribution in [0.15, 0.2) is 18.2 Å². The maximum Gasteiger partial charge on any atom is 0.146 e. The lowest BCUT2D eigenvalue weighted by molar-refractivity contribution is 0.0694. The molecule has 5 heteroatoms. The lowest BCUT2D eigenvalue weighted by atomic mass is 10.1. The monoisotopic (exact) mass is 284 g/mol. The number of rotatable bonds is 8. The number of hydrogen-bond donors (Lipinski definition) is 2. The van der Waals surface area contributed by atoms with Crippen molar-refractivity contribution in [1.82, 2.24) is 5.32 Å². The van der Waals surface area contributed by atoms with Crippen molar-refractivity contribution in [1.29, 1.82) is 0 Å². The summed E-state index contributed by atoms with van der Waals surface area (Å²) >= 11 is 0. The molecule has 0 bridgehead atoms. The molecule has 1 aromatic rings. The summed E-state index contributed by atoms with van der Waals surface area (Å²) in [4.78, 5) is 1.69. The van der Waals surface area contributed by atoms with Crippen LogP contribution in [-0.2, 0) is 11.3 Å². The Morgan fingerprint density at radius 3 is 2.65 bits per heavy atom. The van der Waals surface area contributed by atoms with Gasteiger partial charge in [0.2, 0.25) is 0 Å². The topological polar surface area (TPSA) is 44.7 Å². The number of likely N-dealkylation sites (N-methyl/N-ethyl adjacent to an activating group) is 1. The van der Waals surface area contributed by atoms with Crippen molar-refractivity contribution in [2.24, 2.45) is 0 Å². The summed E-state index contributed by atoms with van der Waals surface area (Å²) in [7, 11) is 3.28. The smallest absolute Gasteiger partial charge is 0.146 e. The van der Waals surface area contributed by atoms with Crippen molar-refractivity contribution < 1.29 is 14.2 Å². The highest BCUT2D eigenvalue weighted by Crippen LogP contribution is 2.19. The van der Waals surface area contributed by atoms with E-state index in [0.29, 0.717) is 24.8 Å². The third-order valence-electron chi connectivity index (χ3n) is 2.98. The number of nitrogens with zero attached hydrogens (tertiary/aromatic N) is 1. The van der Waals surface area contributed by atoms with Crippen LogP contribution >= 0.6 is 0 Å². The molecule has 0 heterocycles. The molecule has 0 aliphatic rings. The molecular formula is C15H25FN2O2. The first kappa shape index (κ1) is 16.9. The molecule has 2 N–H and O–H groups in total. The number of aliphatic hydroxyl groups excluding tert-OH is 1. The van der Waals surface area contributed by atoms with E-state index in [1.54, 1.807) is 18.0 Å². The molecule has 0 aliphatic heterocycles. The molecule has 1 unspecified atom stereocenters. The van der Waals surface area contributed by atoms with Gasteiger partial charge in [-0.3, -0.25) is 0 Å². The predicted molar refractivity (Wildman–Crippen MR) is 79.5 cm³/mol. The number of nitrogens with one attached hydrogen (secondary N) is 1. The van der Waals surface area contributed by atoms with Gasteiger partial charge in [-0.05, 0) is 17.7 Å². The number of aliphatic hydroxyl groups is 1. The molecule has 0 amide bonds. The second kappa shape index (κ2) is 8.19. The van der Waals surface area contributed by atoms with Gasteiger partial charge in [0.1, 0.15) is 5.82 Å². The second-order valence-corrected chi connectivity index (χ2v) is 5.31. The van der Waals surface area contributed by atoms with Crippen LogP contribution in [0, 0.1) is 5.82 Å². The van der Waals surface area contributed by atoms with Crippen LogP contribution in [0.25, 0.3) is 0 Å². The molecule has 114 valence electrons. The van der Waals surface area contributed by atoms with E-state index in [-0.39, 0.29) is 12.4 Å². The van der Waals surface area contributed by atoms with Gasteiger partial charge in [-0.15, -0.1) is 0 Å². The van der Waals surface area contributed by atoms with E-state index in [4.69, 9.17) is 4.74 Å². The summed E-state index contributed by atoms with van der Waals surface area (Å²) in [5.41, 5.74) is 1.39. The summed E-state index contributed by atoms with van der Waals surface area (Å²) in [5, 5.41) is 12.9. The van der Waals surface area contributed by atoms with Crippen LogP contribution in [0.2, 0.25) is 0 Å². The molecule has 20 heavy (non-hydrogen) atoms. The maximum absolute atomic E-state index is 14.1. The normalized spacial score (nSPS) is 12.8. The van der Waals surface area contributed by atoms with Gasteiger partial charge in [-0.25, -0.2) is 4.39 Å². The van der Waals surface area contributed by atoms with Crippen LogP contribution in [0.3, 0.4) is 0 Å². The zero-order valence-corrected chi connectivity index (χ0v) is 12.7. The fourth-order valence-electron chi connectivity index (χ4n) is 1.95. The Balaban J connectivity index is 2.67. The first-order valence-electron chi connectivity index (χ1n) is 6.84. The van der Waals surface area contributed by atoms with Crippen LogP contribution in [0.5, 0.6) is 0 Å². The number of hydrogen-bond acceptors (Lipinski definition) is 4. The Morgan fingerprint density at radius 2 is 2.10 bits per heavy atom. The Morgan fingerprint density at radius 1 is 1.40 bits per heavy atom. The van der Waals surface area contributed by atoms with E-state index in [9.17, 15) is 9.50 Å². The van der Waals surface area contributed by atoms with Gasteiger partial charge >= 0.3 is 0 Å². The Hall–Kier alpha value is -1.17. The molecule has 0 saturated carbocycles. The zero-order valence-electron chi connectivity index (χ0n) is 12.7. The SMILES string of the molecule is COCC(O)CN(C)c1ccc(CNC(C)C)cc1F. The molecule has 1 rings (SSSR count). The van der Waals surface area contributed by atoms with E-state index in [0.717, 1.165) is 5.56 Å². The number of methoxy groups -OCH3 is 1. The van der Waals surface area contributed by atoms with Crippen molar-refractivity contribution >= 4 is 5.69 Å². The van der Waals surface area contributed by atoms with Crippen molar-refractivity contribution in [2.75, 3.05) is 32.2 Å². The lowest BCUT2D eigenvalue weighted by Gasteiger charge is -2.23. The molecule has 0 radical (unpaired) electrons. The van der Waals surface area contributed by atoms with Crippen LogP contribution < -0.4 is 10.2 Å². The highest BCUT2D eigenvalue weighted by Gasteiger charge is 2.12. The number of benzene rings is 1. The quantitative estimate of drug-likeness (QED) is 0.763. The first-order valence-corrected chi connectivity index (χ1v) is 6.84. The van der Waals surface area contributed by atoms with Gasteiger partial charge in [-0.2, -0.15) is 0 Å². The van der Waals surface area contributed by atoms with Gasteiger partial charge < -0.3 is 20.1 Å². The van der Waals surface area contributed by atoms with Crippen molar-refractivity contribution in [2.45, 2.75) is 32.5 Å². The molecule has 0 fully saturated rings. The number of ether oxygens (including phenoxy) is 1. The molecule has 0 spiro atoms. The first-order chi connectivity index (χ1) is 9.43. The molecular weight excluding hydrogens is 259 g/mol. The minimum absolute atomic E-state index is 0.238. The van der Waals surface area contributed by atoms with Gasteiger partial charge in [0, 0.05) is 33.3 Å². The number of halogens is 1. The summed E-state index contributed by atoms with van der Waals surface area (Å²) < 4.78 is 18.9. The molecule has 4 nitrogen and oxygen atoms in total. The average molecular weight is 284 g/mol. The van der Waals surface area contributed by atoms with Crippen LogP contribution in [0.4, 0.5) is 10.1 Å². The molecule has 0 aromatic heterocycles. The largest absolute Gasteiger partial charge is 0.389 e. The van der Waals surface area contributed by atoms with Crippen LogP contribution in [-0.4, -0.2) is 44.6 Å². The summed E-state index contributed by atoms with van der Waals surface area (Å²) in [6, 6.07) is 5.54. The predicted octanol–water partition coefficient (Wildman–Crippen LogP) is 1.77. The molecule has 1 atom stereocenters. The Bertz CT molecular complexity index is 413. The highest BCUT2D eigenvalue weighted by atomic mass is 19.1. The van der Waals surface area contributed by atoms with E-state index in [1.165, 1.54) is 13.2 Å². The standard InChI is InChI=1S/C15H25FN2O2/c1-11(2)17-8-12-5-6-15(14(16)7-12)18(3)9-13(19)10-20-4/h5-7,11,13,17,19H,8-10H2,1-4H3. The Kier molecular flexibility index (Phi) is 6.91. The summed E-state index contributed by atoms with van der Waals surface area (Å²) in [6.45, 7) is 5.31. The fourth-order valence-corrected chi connectivity index (χ4v) is 1.95. The lowest BCUT2D eigenvalue weighted by Crippen LogP contribution is -2.32. The van der Waals surface area contributed by atoms with Gasteiger partial charge in [-0.1, -0.05) is 19.9 Å². The third kappa shape index (κ3) is 5.45. The van der Waals surface area contributed by atoms with E-state index < -0.39 is 6.10 Å². The van der Waals surface area contributed by atoms with Gasteiger partial charge in [0.05, 0.1) is 18.4 Å². The van der Waals surface area contributed by atoms with Crippen molar-refractivity contribution in [3.8, 4) is 0 Å². The van der Waals surface area contributed by atoms with Crippen LogP contribution in [0.1, 0.15) is 19.4 Å². The molecule has 0 saturated heterocycles. The minimum Gasteiger partial charge on any atom is -0.389 e. The second-order valence-electron chi connectivity index (χ2n) is 5.31. The van der Waals surface area contributed by atoms with E-state index in [2.05, 4.69) is 19.2 Å². The van der Waals surface area contributed by atoms with Gasteiger partial charge in [0.25, 0.3) is 0 Å². The molecule has 0 aliphatic carbocycles. The third-order valence-corrected chi connectivity index (χ3v) is 2.98. The Labute approximate surface area is 120 Å². The van der Waals surface area contributed by atoms with Crippen molar-refractivity contribution in [3.05, 3.63) is 29.6 Å². The number of anilines is 1. The molecule has 1 aromatic carbocycles. The average Bonchev–Trinajstić information content (AvgIpc) is 2.36. The summed E-state index contributed by atoms with van der Waals surface area (Å²) in [5.74, 6) is -0.278. The van der Waals surface area contributed by atoms with E-state index in [1.807, 2.05) is 6.07 Å². The maximum atomic E-state index is 14.1. The van der Waals surface area contributed by atoms with Crippen molar-refractivity contribution in [3.63, 3.8) is 0 Å². The highest BCUT2D eigenvalue weighted by molar-refractivity contribution is 5.48. The van der Waals surface area contributed by atoms with Gasteiger partial charge in [0.15, 0.2) is 0 Å². The summed E-state index contributed by atoms with van der Waals surface area (Å²) in [6.07, 6.45) is -0.633. The zero-order chi connectivity index (χ0) is 15.1.